The van der Waals surface area contributed by atoms with Crippen molar-refractivity contribution in [3.8, 4) is 0 Å². The van der Waals surface area contributed by atoms with Crippen molar-refractivity contribution in [3.63, 3.8) is 0 Å². The van der Waals surface area contributed by atoms with Gasteiger partial charge in [0.2, 0.25) is 23.6 Å². The highest BCUT2D eigenvalue weighted by Crippen LogP contribution is 2.08. The predicted molar refractivity (Wildman–Crippen MR) is 96.8 cm³/mol. The maximum atomic E-state index is 12.8. The highest BCUT2D eigenvalue weighted by Gasteiger charge is 2.30. The van der Waals surface area contributed by atoms with E-state index in [0.717, 1.165) is 5.56 Å². The lowest BCUT2D eigenvalue weighted by molar-refractivity contribution is -0.140. The molecule has 1 aromatic carbocycles. The molecule has 0 saturated heterocycles. The molecule has 1 aromatic rings. The Morgan fingerprint density at radius 1 is 1.08 bits per heavy atom. The zero-order chi connectivity index (χ0) is 19.9. The zero-order valence-corrected chi connectivity index (χ0v) is 15.5. The number of carbonyl (C=O) groups excluding carboxylic acids is 4. The Kier molecular flexibility index (Phi) is 7.77. The van der Waals surface area contributed by atoms with Gasteiger partial charge in [-0.25, -0.2) is 0 Å². The molecule has 4 N–H and O–H groups in total. The number of amides is 4. The van der Waals surface area contributed by atoms with Crippen molar-refractivity contribution >= 4 is 23.6 Å². The van der Waals surface area contributed by atoms with E-state index in [0.29, 0.717) is 0 Å². The van der Waals surface area contributed by atoms with Crippen molar-refractivity contribution in [2.45, 2.75) is 45.3 Å². The molecule has 0 unspecified atom stereocenters. The summed E-state index contributed by atoms with van der Waals surface area (Å²) in [5.74, 6) is -1.92. The van der Waals surface area contributed by atoms with Gasteiger partial charge < -0.3 is 21.3 Å². The summed E-state index contributed by atoms with van der Waals surface area (Å²) in [6.07, 6.45) is 0.244. The predicted octanol–water partition coefficient (Wildman–Crippen LogP) is -0.429. The van der Waals surface area contributed by atoms with Crippen molar-refractivity contribution < 1.29 is 19.2 Å². The first-order valence-electron chi connectivity index (χ1n) is 8.30. The standard InChI is InChI=1S/C18H26N4O4/c1-11(20-13(3)23)17(25)21-15(10-14-8-6-5-7-9-14)18(26)22(4)12(2)16(19)24/h5-9,11-12,15H,10H2,1-4H3,(H2,19,24)(H,20,23)(H,21,25)/t11-,12-,15-/m0/s1. The minimum Gasteiger partial charge on any atom is -0.368 e. The van der Waals surface area contributed by atoms with Gasteiger partial charge >= 0.3 is 0 Å². The van der Waals surface area contributed by atoms with E-state index in [9.17, 15) is 19.2 Å². The number of nitrogens with two attached hydrogens (primary N) is 1. The van der Waals surface area contributed by atoms with E-state index in [2.05, 4.69) is 10.6 Å². The Morgan fingerprint density at radius 2 is 1.65 bits per heavy atom. The Balaban J connectivity index is 2.98. The molecule has 0 heterocycles. The van der Waals surface area contributed by atoms with E-state index in [1.54, 1.807) is 0 Å². The molecule has 0 aliphatic rings. The van der Waals surface area contributed by atoms with Crippen LogP contribution in [0, 0.1) is 0 Å². The first-order valence-corrected chi connectivity index (χ1v) is 8.30. The molecule has 8 heteroatoms. The third-order valence-electron chi connectivity index (χ3n) is 4.05. The number of rotatable bonds is 8. The summed E-state index contributed by atoms with van der Waals surface area (Å²) in [5.41, 5.74) is 6.11. The van der Waals surface area contributed by atoms with Gasteiger partial charge in [-0.05, 0) is 19.4 Å². The third kappa shape index (κ3) is 6.19. The fourth-order valence-corrected chi connectivity index (χ4v) is 2.34. The fraction of sp³-hybridized carbons (Fsp3) is 0.444. The van der Waals surface area contributed by atoms with E-state index in [-0.39, 0.29) is 12.3 Å². The number of benzene rings is 1. The molecule has 0 bridgehead atoms. The molecule has 0 aromatic heterocycles. The molecule has 142 valence electrons. The highest BCUT2D eigenvalue weighted by molar-refractivity contribution is 5.93. The lowest BCUT2D eigenvalue weighted by Gasteiger charge is -2.28. The molecular weight excluding hydrogens is 336 g/mol. The topological polar surface area (TPSA) is 122 Å². The van der Waals surface area contributed by atoms with Gasteiger partial charge in [-0.1, -0.05) is 30.3 Å². The zero-order valence-electron chi connectivity index (χ0n) is 15.5. The number of carbonyl (C=O) groups is 4. The van der Waals surface area contributed by atoms with Gasteiger partial charge in [0, 0.05) is 20.4 Å². The van der Waals surface area contributed by atoms with Gasteiger partial charge in [-0.15, -0.1) is 0 Å². The molecule has 4 amide bonds. The molecule has 0 aliphatic heterocycles. The van der Waals surface area contributed by atoms with Crippen molar-refractivity contribution in [2.75, 3.05) is 7.05 Å². The molecule has 1 rings (SSSR count). The average Bonchev–Trinajstić information content (AvgIpc) is 2.59. The first kappa shape index (κ1) is 21.1. The van der Waals surface area contributed by atoms with Crippen molar-refractivity contribution in [2.24, 2.45) is 5.73 Å². The van der Waals surface area contributed by atoms with Crippen molar-refractivity contribution in [1.82, 2.24) is 15.5 Å². The third-order valence-corrected chi connectivity index (χ3v) is 4.05. The van der Waals surface area contributed by atoms with Gasteiger partial charge in [-0.2, -0.15) is 0 Å². The second kappa shape index (κ2) is 9.55. The van der Waals surface area contributed by atoms with Crippen LogP contribution >= 0.6 is 0 Å². The van der Waals surface area contributed by atoms with Crippen LogP contribution in [0.3, 0.4) is 0 Å². The number of likely N-dealkylation sites (N-methyl/N-ethyl adjacent to an activating group) is 1. The number of hydrogen-bond acceptors (Lipinski definition) is 4. The van der Waals surface area contributed by atoms with Gasteiger partial charge in [-0.3, -0.25) is 19.2 Å². The van der Waals surface area contributed by atoms with Crippen LogP contribution in [0.1, 0.15) is 26.3 Å². The van der Waals surface area contributed by atoms with Gasteiger partial charge in [0.1, 0.15) is 18.1 Å². The maximum absolute atomic E-state index is 12.8. The molecule has 26 heavy (non-hydrogen) atoms. The molecule has 0 saturated carbocycles. The Labute approximate surface area is 153 Å². The quantitative estimate of drug-likeness (QED) is 0.581. The lowest BCUT2D eigenvalue weighted by atomic mass is 10.0. The Morgan fingerprint density at radius 3 is 2.15 bits per heavy atom. The molecule has 0 aliphatic carbocycles. The molecule has 8 nitrogen and oxygen atoms in total. The van der Waals surface area contributed by atoms with Crippen LogP contribution in [-0.4, -0.2) is 53.7 Å². The van der Waals surface area contributed by atoms with Gasteiger partial charge in [0.25, 0.3) is 0 Å². The van der Waals surface area contributed by atoms with Crippen LogP contribution in [0.4, 0.5) is 0 Å². The number of hydrogen-bond donors (Lipinski definition) is 3. The summed E-state index contributed by atoms with van der Waals surface area (Å²) < 4.78 is 0. The van der Waals surface area contributed by atoms with E-state index in [1.807, 2.05) is 30.3 Å². The van der Waals surface area contributed by atoms with Crippen LogP contribution in [0.2, 0.25) is 0 Å². The monoisotopic (exact) mass is 362 g/mol. The maximum Gasteiger partial charge on any atom is 0.245 e. The second-order valence-corrected chi connectivity index (χ2v) is 6.20. The normalized spacial score (nSPS) is 13.8. The molecule has 0 spiro atoms. The number of nitrogens with one attached hydrogen (secondary N) is 2. The van der Waals surface area contributed by atoms with Crippen molar-refractivity contribution in [1.29, 1.82) is 0 Å². The SMILES string of the molecule is CC(=O)N[C@@H](C)C(=O)N[C@@H](Cc1ccccc1)C(=O)N(C)[C@@H](C)C(N)=O. The van der Waals surface area contributed by atoms with Crippen LogP contribution in [-0.2, 0) is 25.6 Å². The van der Waals surface area contributed by atoms with E-state index < -0.39 is 35.8 Å². The summed E-state index contributed by atoms with van der Waals surface area (Å²) in [4.78, 5) is 48.8. The summed E-state index contributed by atoms with van der Waals surface area (Å²) in [5, 5.41) is 5.12. The minimum atomic E-state index is -0.895. The van der Waals surface area contributed by atoms with Crippen molar-refractivity contribution in [3.05, 3.63) is 35.9 Å². The largest absolute Gasteiger partial charge is 0.368 e. The van der Waals surface area contributed by atoms with Crippen LogP contribution in [0.15, 0.2) is 30.3 Å². The number of nitrogens with zero attached hydrogens (tertiary/aromatic N) is 1. The van der Waals surface area contributed by atoms with E-state index >= 15 is 0 Å². The van der Waals surface area contributed by atoms with Crippen LogP contribution in [0.25, 0.3) is 0 Å². The molecule has 0 radical (unpaired) electrons. The van der Waals surface area contributed by atoms with Gasteiger partial charge in [0.15, 0.2) is 0 Å². The fourth-order valence-electron chi connectivity index (χ4n) is 2.34. The number of primary amides is 1. The molecule has 3 atom stereocenters. The summed E-state index contributed by atoms with van der Waals surface area (Å²) >= 11 is 0. The van der Waals surface area contributed by atoms with Crippen LogP contribution < -0.4 is 16.4 Å². The highest BCUT2D eigenvalue weighted by atomic mass is 16.2. The average molecular weight is 362 g/mol. The van der Waals surface area contributed by atoms with E-state index in [1.165, 1.54) is 32.7 Å². The molecule has 0 fully saturated rings. The summed E-state index contributed by atoms with van der Waals surface area (Å²) in [6.45, 7) is 4.34. The minimum absolute atomic E-state index is 0.244. The smallest absolute Gasteiger partial charge is 0.245 e. The van der Waals surface area contributed by atoms with Gasteiger partial charge in [0.05, 0.1) is 0 Å². The van der Waals surface area contributed by atoms with Crippen LogP contribution in [0.5, 0.6) is 0 Å². The Bertz CT molecular complexity index is 662. The summed E-state index contributed by atoms with van der Waals surface area (Å²) in [7, 11) is 1.46. The van der Waals surface area contributed by atoms with E-state index in [4.69, 9.17) is 5.73 Å². The second-order valence-electron chi connectivity index (χ2n) is 6.20. The summed E-state index contributed by atoms with van der Waals surface area (Å²) in [6, 6.07) is 6.67. The first-order chi connectivity index (χ1) is 12.1. The molecular formula is C18H26N4O4. The Hall–Kier alpha value is -2.90. The lowest BCUT2D eigenvalue weighted by Crippen LogP contribution is -2.56.